The topological polar surface area (TPSA) is 74.6 Å². The number of hydrogen-bond acceptors (Lipinski definition) is 2. The summed E-state index contributed by atoms with van der Waals surface area (Å²) in [6.07, 6.45) is 3.14. The van der Waals surface area contributed by atoms with Gasteiger partial charge >= 0.3 is 11.9 Å². The van der Waals surface area contributed by atoms with E-state index in [9.17, 15) is 9.59 Å². The number of rotatable bonds is 6. The minimum Gasteiger partial charge on any atom is -0.478 e. The van der Waals surface area contributed by atoms with Gasteiger partial charge in [-0.2, -0.15) is 0 Å². The molecule has 0 bridgehead atoms. The zero-order valence-corrected chi connectivity index (χ0v) is 14.2. The molecule has 0 fully saturated rings. The van der Waals surface area contributed by atoms with Crippen LogP contribution in [0.3, 0.4) is 0 Å². The maximum absolute atomic E-state index is 10.7. The number of hydrogen-bond donors (Lipinski definition) is 2. The lowest BCUT2D eigenvalue weighted by atomic mass is 9.99. The molecule has 4 heteroatoms. The van der Waals surface area contributed by atoms with Crippen molar-refractivity contribution in [1.82, 2.24) is 0 Å². The predicted molar refractivity (Wildman–Crippen MR) is 98.3 cm³/mol. The second-order valence-electron chi connectivity index (χ2n) is 5.90. The molecular formula is C21H20O4. The smallest absolute Gasteiger partial charge is 0.328 e. The Hall–Kier alpha value is -3.14. The largest absolute Gasteiger partial charge is 0.478 e. The highest BCUT2D eigenvalue weighted by Crippen LogP contribution is 2.19. The molecule has 0 saturated carbocycles. The summed E-state index contributed by atoms with van der Waals surface area (Å²) in [6.45, 7) is 3.55. The van der Waals surface area contributed by atoms with E-state index in [1.165, 1.54) is 12.2 Å². The van der Waals surface area contributed by atoms with Crippen LogP contribution in [0.1, 0.15) is 36.1 Å². The van der Waals surface area contributed by atoms with Gasteiger partial charge in [-0.1, -0.05) is 48.5 Å². The van der Waals surface area contributed by atoms with Gasteiger partial charge in [-0.25, -0.2) is 9.59 Å². The second-order valence-corrected chi connectivity index (χ2v) is 5.90. The molecule has 2 N–H and O–H groups in total. The van der Waals surface area contributed by atoms with E-state index in [0.717, 1.165) is 28.7 Å². The molecule has 2 aromatic rings. The van der Waals surface area contributed by atoms with Gasteiger partial charge in [0.25, 0.3) is 0 Å². The van der Waals surface area contributed by atoms with Gasteiger partial charge in [0.1, 0.15) is 0 Å². The standard InChI is InChI=1S/C21H20O4/c1-14(11-20(22)23)18-7-3-16(4-8-18)13-17-5-9-19(10-6-17)15(2)12-21(24)25/h3-12H,13H2,1-2H3,(H,22,23)(H,24,25)/b14-11+,15-12+. The maximum Gasteiger partial charge on any atom is 0.328 e. The number of carboxylic acids is 2. The normalized spacial score (nSPS) is 12.1. The molecule has 2 aromatic carbocycles. The first-order chi connectivity index (χ1) is 11.8. The molecule has 0 saturated heterocycles. The summed E-state index contributed by atoms with van der Waals surface area (Å²) in [5, 5.41) is 17.6. The van der Waals surface area contributed by atoms with Crippen LogP contribution in [0.2, 0.25) is 0 Å². The van der Waals surface area contributed by atoms with Crippen LogP contribution in [0.4, 0.5) is 0 Å². The van der Waals surface area contributed by atoms with Crippen LogP contribution in [0.5, 0.6) is 0 Å². The van der Waals surface area contributed by atoms with E-state index in [4.69, 9.17) is 10.2 Å². The molecule has 0 aliphatic rings. The third-order valence-electron chi connectivity index (χ3n) is 3.91. The zero-order chi connectivity index (χ0) is 18.4. The number of carboxylic acid groups (broad SMARTS) is 2. The molecule has 4 nitrogen and oxygen atoms in total. The predicted octanol–water partition coefficient (Wildman–Crippen LogP) is 4.25. The molecule has 25 heavy (non-hydrogen) atoms. The van der Waals surface area contributed by atoms with Gasteiger partial charge in [-0.15, -0.1) is 0 Å². The quantitative estimate of drug-likeness (QED) is 0.773. The number of allylic oxidation sites excluding steroid dienone is 2. The fourth-order valence-electron chi connectivity index (χ4n) is 2.54. The van der Waals surface area contributed by atoms with Crippen molar-refractivity contribution in [2.75, 3.05) is 0 Å². The lowest BCUT2D eigenvalue weighted by Gasteiger charge is -2.06. The van der Waals surface area contributed by atoms with Crippen LogP contribution in [0.15, 0.2) is 60.7 Å². The van der Waals surface area contributed by atoms with Gasteiger partial charge in [-0.05, 0) is 53.7 Å². The van der Waals surface area contributed by atoms with Crippen molar-refractivity contribution in [3.8, 4) is 0 Å². The molecule has 0 unspecified atom stereocenters. The van der Waals surface area contributed by atoms with Crippen molar-refractivity contribution >= 4 is 23.1 Å². The summed E-state index contributed by atoms with van der Waals surface area (Å²) in [5.41, 5.74) is 5.44. The summed E-state index contributed by atoms with van der Waals surface area (Å²) in [4.78, 5) is 21.4. The Morgan fingerprint density at radius 2 is 1.04 bits per heavy atom. The molecule has 128 valence electrons. The van der Waals surface area contributed by atoms with Crippen molar-refractivity contribution in [3.05, 3.63) is 82.9 Å². The van der Waals surface area contributed by atoms with Crippen LogP contribution in [0, 0.1) is 0 Å². The van der Waals surface area contributed by atoms with Crippen LogP contribution in [0.25, 0.3) is 11.1 Å². The van der Waals surface area contributed by atoms with E-state index in [-0.39, 0.29) is 0 Å². The number of carbonyl (C=O) groups is 2. The fraction of sp³-hybridized carbons (Fsp3) is 0.143. The summed E-state index contributed by atoms with van der Waals surface area (Å²) in [7, 11) is 0. The Bertz CT molecular complexity index is 754. The third-order valence-corrected chi connectivity index (χ3v) is 3.91. The minimum atomic E-state index is -0.950. The first kappa shape index (κ1) is 18.2. The lowest BCUT2D eigenvalue weighted by molar-refractivity contribution is -0.132. The van der Waals surface area contributed by atoms with E-state index in [1.807, 2.05) is 48.5 Å². The Kier molecular flexibility index (Phi) is 5.90. The van der Waals surface area contributed by atoms with Gasteiger partial charge in [0.15, 0.2) is 0 Å². The fourth-order valence-corrected chi connectivity index (χ4v) is 2.54. The highest BCUT2D eigenvalue weighted by molar-refractivity contribution is 5.90. The van der Waals surface area contributed by atoms with Gasteiger partial charge in [0.2, 0.25) is 0 Å². The Morgan fingerprint density at radius 3 is 1.32 bits per heavy atom. The van der Waals surface area contributed by atoms with Gasteiger partial charge < -0.3 is 10.2 Å². The van der Waals surface area contributed by atoms with E-state index >= 15 is 0 Å². The van der Waals surface area contributed by atoms with Crippen LogP contribution < -0.4 is 0 Å². The van der Waals surface area contributed by atoms with Crippen LogP contribution >= 0.6 is 0 Å². The second kappa shape index (κ2) is 8.11. The molecule has 0 amide bonds. The minimum absolute atomic E-state index is 0.712. The SMILES string of the molecule is C/C(=C\C(=O)O)c1ccc(Cc2ccc(/C(C)=C/C(=O)O)cc2)cc1. The summed E-state index contributed by atoms with van der Waals surface area (Å²) >= 11 is 0. The molecule has 0 aliphatic heterocycles. The number of aliphatic carboxylic acids is 2. The van der Waals surface area contributed by atoms with Crippen LogP contribution in [-0.2, 0) is 16.0 Å². The molecular weight excluding hydrogens is 316 g/mol. The summed E-state index contributed by atoms with van der Waals surface area (Å²) < 4.78 is 0. The monoisotopic (exact) mass is 336 g/mol. The molecule has 0 aliphatic carbocycles. The molecule has 2 rings (SSSR count). The molecule has 0 aromatic heterocycles. The van der Waals surface area contributed by atoms with E-state index in [0.29, 0.717) is 11.1 Å². The van der Waals surface area contributed by atoms with Gasteiger partial charge in [0.05, 0.1) is 0 Å². The molecule has 0 spiro atoms. The number of benzene rings is 2. The van der Waals surface area contributed by atoms with Crippen molar-refractivity contribution in [2.24, 2.45) is 0 Å². The first-order valence-electron chi connectivity index (χ1n) is 7.86. The Morgan fingerprint density at radius 1 is 0.720 bits per heavy atom. The van der Waals surface area contributed by atoms with Crippen molar-refractivity contribution in [1.29, 1.82) is 0 Å². The first-order valence-corrected chi connectivity index (χ1v) is 7.86. The lowest BCUT2D eigenvalue weighted by Crippen LogP contribution is -1.93. The van der Waals surface area contributed by atoms with Crippen LogP contribution in [-0.4, -0.2) is 22.2 Å². The average Bonchev–Trinajstić information content (AvgIpc) is 2.55. The van der Waals surface area contributed by atoms with Gasteiger partial charge in [-0.3, -0.25) is 0 Å². The zero-order valence-electron chi connectivity index (χ0n) is 14.2. The maximum atomic E-state index is 10.7. The average molecular weight is 336 g/mol. The van der Waals surface area contributed by atoms with E-state index in [1.54, 1.807) is 13.8 Å². The summed E-state index contributed by atoms with van der Waals surface area (Å²) in [6, 6.07) is 15.6. The highest BCUT2D eigenvalue weighted by Gasteiger charge is 2.02. The van der Waals surface area contributed by atoms with Crippen molar-refractivity contribution in [3.63, 3.8) is 0 Å². The Balaban J connectivity index is 2.10. The van der Waals surface area contributed by atoms with Crippen molar-refractivity contribution in [2.45, 2.75) is 20.3 Å². The van der Waals surface area contributed by atoms with E-state index in [2.05, 4.69) is 0 Å². The summed E-state index contributed by atoms with van der Waals surface area (Å²) in [5.74, 6) is -1.90. The molecule has 0 heterocycles. The molecule has 0 atom stereocenters. The molecule has 0 radical (unpaired) electrons. The van der Waals surface area contributed by atoms with E-state index < -0.39 is 11.9 Å². The van der Waals surface area contributed by atoms with Gasteiger partial charge in [0, 0.05) is 12.2 Å². The van der Waals surface area contributed by atoms with Crippen molar-refractivity contribution < 1.29 is 19.8 Å². The highest BCUT2D eigenvalue weighted by atomic mass is 16.4. The Labute approximate surface area is 146 Å². The third kappa shape index (κ3) is 5.46.